The molecule has 0 aromatic heterocycles. The number of rotatable bonds is 4. The summed E-state index contributed by atoms with van der Waals surface area (Å²) in [7, 11) is 1.30. The third-order valence-electron chi connectivity index (χ3n) is 3.18. The summed E-state index contributed by atoms with van der Waals surface area (Å²) in [6.45, 7) is 0.461. The van der Waals surface area contributed by atoms with Gasteiger partial charge < -0.3 is 9.47 Å². The van der Waals surface area contributed by atoms with Crippen LogP contribution in [0.15, 0.2) is 12.1 Å². The Morgan fingerprint density at radius 3 is 2.35 bits per heavy atom. The Kier molecular flexibility index (Phi) is 3.82. The van der Waals surface area contributed by atoms with E-state index in [1.807, 2.05) is 0 Å². The van der Waals surface area contributed by atoms with Crippen molar-refractivity contribution in [3.05, 3.63) is 23.8 Å². The van der Waals surface area contributed by atoms with E-state index in [1.54, 1.807) is 0 Å². The van der Waals surface area contributed by atoms with E-state index in [-0.39, 0.29) is 11.5 Å². The fraction of sp³-hybridized carbons (Fsp3) is 0.538. The molecule has 2 nitrogen and oxygen atoms in total. The SMILES string of the molecule is COc1ccc(OCC2CCCC2)c(F)c1F. The fourth-order valence-electron chi connectivity index (χ4n) is 2.17. The first-order chi connectivity index (χ1) is 8.22. The zero-order valence-electron chi connectivity index (χ0n) is 9.84. The highest BCUT2D eigenvalue weighted by Crippen LogP contribution is 2.29. The van der Waals surface area contributed by atoms with Crippen LogP contribution in [-0.2, 0) is 0 Å². The number of hydrogen-bond acceptors (Lipinski definition) is 2. The molecule has 0 N–H and O–H groups in total. The lowest BCUT2D eigenvalue weighted by atomic mass is 10.1. The molecule has 0 unspecified atom stereocenters. The molecule has 1 aromatic rings. The van der Waals surface area contributed by atoms with Gasteiger partial charge in [0.15, 0.2) is 11.5 Å². The zero-order valence-corrected chi connectivity index (χ0v) is 9.84. The van der Waals surface area contributed by atoms with Crippen molar-refractivity contribution in [3.63, 3.8) is 0 Å². The quantitative estimate of drug-likeness (QED) is 0.804. The van der Waals surface area contributed by atoms with Gasteiger partial charge in [0.1, 0.15) is 0 Å². The number of methoxy groups -OCH3 is 1. The van der Waals surface area contributed by atoms with Crippen LogP contribution in [-0.4, -0.2) is 13.7 Å². The maximum absolute atomic E-state index is 13.5. The Hall–Kier alpha value is -1.32. The second kappa shape index (κ2) is 5.34. The van der Waals surface area contributed by atoms with Crippen LogP contribution in [0, 0.1) is 17.6 Å². The monoisotopic (exact) mass is 242 g/mol. The zero-order chi connectivity index (χ0) is 12.3. The Bertz CT molecular complexity index is 387. The van der Waals surface area contributed by atoms with Crippen LogP contribution >= 0.6 is 0 Å². The van der Waals surface area contributed by atoms with Crippen LogP contribution in [0.3, 0.4) is 0 Å². The first kappa shape index (κ1) is 12.1. The van der Waals surface area contributed by atoms with Gasteiger partial charge in [-0.2, -0.15) is 8.78 Å². The highest BCUT2D eigenvalue weighted by atomic mass is 19.2. The topological polar surface area (TPSA) is 18.5 Å². The fourth-order valence-corrected chi connectivity index (χ4v) is 2.17. The molecule has 1 fully saturated rings. The second-order valence-electron chi connectivity index (χ2n) is 4.36. The Morgan fingerprint density at radius 1 is 1.12 bits per heavy atom. The molecule has 1 aliphatic rings. The molecule has 17 heavy (non-hydrogen) atoms. The Balaban J connectivity index is 2.03. The van der Waals surface area contributed by atoms with Gasteiger partial charge in [-0.15, -0.1) is 0 Å². The first-order valence-corrected chi connectivity index (χ1v) is 5.87. The van der Waals surface area contributed by atoms with Crippen LogP contribution in [0.4, 0.5) is 8.78 Å². The van der Waals surface area contributed by atoms with E-state index in [0.717, 1.165) is 12.8 Å². The van der Waals surface area contributed by atoms with Gasteiger partial charge in [-0.25, -0.2) is 0 Å². The average Bonchev–Trinajstić information content (AvgIpc) is 2.84. The molecule has 0 amide bonds. The molecule has 1 saturated carbocycles. The van der Waals surface area contributed by atoms with Crippen molar-refractivity contribution in [1.82, 2.24) is 0 Å². The van der Waals surface area contributed by atoms with Gasteiger partial charge in [0, 0.05) is 0 Å². The molecule has 4 heteroatoms. The van der Waals surface area contributed by atoms with E-state index < -0.39 is 11.6 Å². The molecular weight excluding hydrogens is 226 g/mol. The molecule has 0 heterocycles. The predicted octanol–water partition coefficient (Wildman–Crippen LogP) is 3.54. The second-order valence-corrected chi connectivity index (χ2v) is 4.36. The van der Waals surface area contributed by atoms with Crippen molar-refractivity contribution in [2.75, 3.05) is 13.7 Å². The summed E-state index contributed by atoms with van der Waals surface area (Å²) in [4.78, 5) is 0. The molecule has 1 aliphatic carbocycles. The number of benzene rings is 1. The minimum Gasteiger partial charge on any atom is -0.494 e. The summed E-state index contributed by atoms with van der Waals surface area (Å²) in [6, 6.07) is 2.79. The van der Waals surface area contributed by atoms with E-state index >= 15 is 0 Å². The summed E-state index contributed by atoms with van der Waals surface area (Å²) in [5.74, 6) is -1.62. The van der Waals surface area contributed by atoms with Crippen molar-refractivity contribution in [2.24, 2.45) is 5.92 Å². The van der Waals surface area contributed by atoms with Crippen molar-refractivity contribution < 1.29 is 18.3 Å². The van der Waals surface area contributed by atoms with Gasteiger partial charge in [-0.05, 0) is 30.9 Å². The van der Waals surface area contributed by atoms with Crippen molar-refractivity contribution >= 4 is 0 Å². The lowest BCUT2D eigenvalue weighted by Gasteiger charge is -2.13. The largest absolute Gasteiger partial charge is 0.494 e. The van der Waals surface area contributed by atoms with Gasteiger partial charge >= 0.3 is 0 Å². The number of ether oxygens (including phenoxy) is 2. The minimum atomic E-state index is -0.989. The molecule has 94 valence electrons. The van der Waals surface area contributed by atoms with Gasteiger partial charge in [-0.1, -0.05) is 12.8 Å². The van der Waals surface area contributed by atoms with E-state index in [9.17, 15) is 8.78 Å². The first-order valence-electron chi connectivity index (χ1n) is 5.87. The number of halogens is 2. The van der Waals surface area contributed by atoms with Crippen LogP contribution in [0.2, 0.25) is 0 Å². The van der Waals surface area contributed by atoms with Crippen molar-refractivity contribution in [2.45, 2.75) is 25.7 Å². The summed E-state index contributed by atoms with van der Waals surface area (Å²) in [5.41, 5.74) is 0. The molecular formula is C13H16F2O2. The molecule has 2 rings (SSSR count). The van der Waals surface area contributed by atoms with E-state index in [2.05, 4.69) is 4.74 Å². The third-order valence-corrected chi connectivity index (χ3v) is 3.18. The van der Waals surface area contributed by atoms with E-state index in [4.69, 9.17) is 4.74 Å². The molecule has 0 saturated heterocycles. The number of hydrogen-bond donors (Lipinski definition) is 0. The van der Waals surface area contributed by atoms with E-state index in [0.29, 0.717) is 12.5 Å². The van der Waals surface area contributed by atoms with Crippen molar-refractivity contribution in [1.29, 1.82) is 0 Å². The molecule has 0 bridgehead atoms. The molecule has 0 atom stereocenters. The van der Waals surface area contributed by atoms with E-state index in [1.165, 1.54) is 32.1 Å². The summed E-state index contributed by atoms with van der Waals surface area (Å²) >= 11 is 0. The van der Waals surface area contributed by atoms with Gasteiger partial charge in [0.2, 0.25) is 11.6 Å². The van der Waals surface area contributed by atoms with Crippen molar-refractivity contribution in [3.8, 4) is 11.5 Å². The van der Waals surface area contributed by atoms with Gasteiger partial charge in [0.25, 0.3) is 0 Å². The molecule has 0 spiro atoms. The smallest absolute Gasteiger partial charge is 0.204 e. The van der Waals surface area contributed by atoms with Crippen LogP contribution in [0.5, 0.6) is 11.5 Å². The van der Waals surface area contributed by atoms with Crippen LogP contribution < -0.4 is 9.47 Å². The molecule has 0 aliphatic heterocycles. The maximum atomic E-state index is 13.5. The molecule has 1 aromatic carbocycles. The van der Waals surface area contributed by atoms with Gasteiger partial charge in [0.05, 0.1) is 13.7 Å². The highest BCUT2D eigenvalue weighted by molar-refractivity contribution is 5.34. The average molecular weight is 242 g/mol. The lowest BCUT2D eigenvalue weighted by Crippen LogP contribution is -2.09. The van der Waals surface area contributed by atoms with Gasteiger partial charge in [-0.3, -0.25) is 0 Å². The normalized spacial score (nSPS) is 16.2. The van der Waals surface area contributed by atoms with Crippen LogP contribution in [0.1, 0.15) is 25.7 Å². The summed E-state index contributed by atoms with van der Waals surface area (Å²) in [6.07, 6.45) is 4.63. The maximum Gasteiger partial charge on any atom is 0.204 e. The minimum absolute atomic E-state index is 0.0322. The summed E-state index contributed by atoms with van der Waals surface area (Å²) < 4.78 is 36.9. The predicted molar refractivity (Wildman–Crippen MR) is 60.4 cm³/mol. The Labute approximate surface area is 99.5 Å². The van der Waals surface area contributed by atoms with Crippen LogP contribution in [0.25, 0.3) is 0 Å². The standard InChI is InChI=1S/C13H16F2O2/c1-16-10-6-7-11(13(15)12(10)14)17-8-9-4-2-3-5-9/h6-7,9H,2-5,8H2,1H3. The third kappa shape index (κ3) is 2.68. The lowest BCUT2D eigenvalue weighted by molar-refractivity contribution is 0.237. The highest BCUT2D eigenvalue weighted by Gasteiger charge is 2.19. The summed E-state index contributed by atoms with van der Waals surface area (Å²) in [5, 5.41) is 0. The Morgan fingerprint density at radius 2 is 1.71 bits per heavy atom. The molecule has 0 radical (unpaired) electrons.